The van der Waals surface area contributed by atoms with Crippen molar-refractivity contribution in [2.24, 2.45) is 0 Å². The SMILES string of the molecule is Cc1nnc(CS(=O)(=O)Cc2ccc(OC(F)F)cc2)s1. The summed E-state index contributed by atoms with van der Waals surface area (Å²) in [4.78, 5) is 0. The predicted molar refractivity (Wildman–Crippen MR) is 74.0 cm³/mol. The van der Waals surface area contributed by atoms with Crippen LogP contribution in [0.5, 0.6) is 5.75 Å². The highest BCUT2D eigenvalue weighted by Gasteiger charge is 2.16. The Hall–Kier alpha value is -1.61. The zero-order chi connectivity index (χ0) is 15.5. The fourth-order valence-electron chi connectivity index (χ4n) is 1.66. The first kappa shape index (κ1) is 15.8. The van der Waals surface area contributed by atoms with Crippen molar-refractivity contribution < 1.29 is 21.9 Å². The van der Waals surface area contributed by atoms with E-state index in [2.05, 4.69) is 14.9 Å². The molecular weight excluding hydrogens is 322 g/mol. The molecule has 0 unspecified atom stereocenters. The average Bonchev–Trinajstić information content (AvgIpc) is 2.75. The Kier molecular flexibility index (Phi) is 4.84. The third-order valence-corrected chi connectivity index (χ3v) is 4.95. The van der Waals surface area contributed by atoms with E-state index in [4.69, 9.17) is 0 Å². The fourth-order valence-corrected chi connectivity index (χ4v) is 4.17. The highest BCUT2D eigenvalue weighted by atomic mass is 32.2. The van der Waals surface area contributed by atoms with Gasteiger partial charge in [0.2, 0.25) is 0 Å². The molecular formula is C12H12F2N2O3S2. The Morgan fingerprint density at radius 2 is 1.86 bits per heavy atom. The fraction of sp³-hybridized carbons (Fsp3) is 0.333. The van der Waals surface area contributed by atoms with Crippen molar-refractivity contribution in [2.45, 2.75) is 25.0 Å². The summed E-state index contributed by atoms with van der Waals surface area (Å²) in [6.45, 7) is -1.16. The molecule has 0 atom stereocenters. The molecule has 0 N–H and O–H groups in total. The minimum absolute atomic E-state index is 0.00843. The summed E-state index contributed by atoms with van der Waals surface area (Å²) in [5.74, 6) is -0.389. The van der Waals surface area contributed by atoms with Gasteiger partial charge in [0.25, 0.3) is 0 Å². The second-order valence-electron chi connectivity index (χ2n) is 4.27. The highest BCUT2D eigenvalue weighted by Crippen LogP contribution is 2.19. The van der Waals surface area contributed by atoms with Crippen LogP contribution in [0.15, 0.2) is 24.3 Å². The van der Waals surface area contributed by atoms with Crippen LogP contribution in [-0.2, 0) is 21.3 Å². The molecule has 21 heavy (non-hydrogen) atoms. The van der Waals surface area contributed by atoms with Crippen molar-refractivity contribution in [1.29, 1.82) is 0 Å². The number of nitrogens with zero attached hydrogens (tertiary/aromatic N) is 2. The maximum Gasteiger partial charge on any atom is 0.387 e. The molecule has 1 heterocycles. The third kappa shape index (κ3) is 5.01. The lowest BCUT2D eigenvalue weighted by Gasteiger charge is -2.06. The van der Waals surface area contributed by atoms with Gasteiger partial charge in [0.05, 0.1) is 5.75 Å². The van der Waals surface area contributed by atoms with Crippen molar-refractivity contribution in [3.05, 3.63) is 39.8 Å². The van der Waals surface area contributed by atoms with Crippen LogP contribution in [0.3, 0.4) is 0 Å². The molecule has 2 aromatic rings. The minimum atomic E-state index is -3.39. The lowest BCUT2D eigenvalue weighted by molar-refractivity contribution is -0.0498. The molecule has 0 amide bonds. The standard InChI is InChI=1S/C12H12F2N2O3S2/c1-8-15-16-11(20-8)7-21(17,18)6-9-2-4-10(5-3-9)19-12(13)14/h2-5,12H,6-7H2,1H3. The van der Waals surface area contributed by atoms with Crippen LogP contribution in [0.1, 0.15) is 15.6 Å². The van der Waals surface area contributed by atoms with Crippen molar-refractivity contribution >= 4 is 21.2 Å². The van der Waals surface area contributed by atoms with Gasteiger partial charge in [0, 0.05) is 0 Å². The average molecular weight is 334 g/mol. The number of ether oxygens (including phenoxy) is 1. The van der Waals surface area contributed by atoms with Crippen LogP contribution in [0.4, 0.5) is 8.78 Å². The van der Waals surface area contributed by atoms with Gasteiger partial charge in [0.15, 0.2) is 9.84 Å². The monoisotopic (exact) mass is 334 g/mol. The summed E-state index contributed by atoms with van der Waals surface area (Å²) in [5, 5.41) is 8.68. The maximum absolute atomic E-state index is 12.0. The molecule has 2 rings (SSSR count). The maximum atomic E-state index is 12.0. The number of alkyl halides is 2. The smallest absolute Gasteiger partial charge is 0.387 e. The van der Waals surface area contributed by atoms with Gasteiger partial charge in [-0.05, 0) is 24.6 Å². The predicted octanol–water partition coefficient (Wildman–Crippen LogP) is 2.56. The van der Waals surface area contributed by atoms with Gasteiger partial charge < -0.3 is 4.74 Å². The van der Waals surface area contributed by atoms with Crippen LogP contribution in [0, 0.1) is 6.92 Å². The first-order chi connectivity index (χ1) is 9.84. The molecule has 0 radical (unpaired) electrons. The van der Waals surface area contributed by atoms with E-state index in [1.165, 1.54) is 35.6 Å². The second-order valence-corrected chi connectivity index (χ2v) is 7.60. The number of aromatic nitrogens is 2. The van der Waals surface area contributed by atoms with E-state index in [1.807, 2.05) is 0 Å². The quantitative estimate of drug-likeness (QED) is 0.812. The summed E-state index contributed by atoms with van der Waals surface area (Å²) < 4.78 is 52.3. The van der Waals surface area contributed by atoms with E-state index >= 15 is 0 Å². The molecule has 9 heteroatoms. The van der Waals surface area contributed by atoms with E-state index in [9.17, 15) is 17.2 Å². The van der Waals surface area contributed by atoms with E-state index in [1.54, 1.807) is 6.92 Å². The molecule has 0 saturated carbocycles. The molecule has 1 aromatic heterocycles. The van der Waals surface area contributed by atoms with Gasteiger partial charge >= 0.3 is 6.61 Å². The molecule has 0 saturated heterocycles. The first-order valence-electron chi connectivity index (χ1n) is 5.87. The Bertz CT molecular complexity index is 700. The zero-order valence-electron chi connectivity index (χ0n) is 11.0. The van der Waals surface area contributed by atoms with Gasteiger partial charge in [-0.1, -0.05) is 12.1 Å². The van der Waals surface area contributed by atoms with Gasteiger partial charge in [-0.2, -0.15) is 8.78 Å². The largest absolute Gasteiger partial charge is 0.435 e. The summed E-state index contributed by atoms with van der Waals surface area (Å²) in [5.41, 5.74) is 0.498. The van der Waals surface area contributed by atoms with E-state index in [0.29, 0.717) is 15.6 Å². The molecule has 5 nitrogen and oxygen atoms in total. The number of hydrogen-bond acceptors (Lipinski definition) is 6. The van der Waals surface area contributed by atoms with Gasteiger partial charge in [-0.15, -0.1) is 21.5 Å². The Morgan fingerprint density at radius 3 is 2.38 bits per heavy atom. The number of sulfone groups is 1. The number of halogens is 2. The minimum Gasteiger partial charge on any atom is -0.435 e. The molecule has 0 aliphatic rings. The number of aryl methyl sites for hydroxylation is 1. The van der Waals surface area contributed by atoms with Gasteiger partial charge in [-0.25, -0.2) is 8.42 Å². The summed E-state index contributed by atoms with van der Waals surface area (Å²) in [7, 11) is -3.39. The molecule has 114 valence electrons. The molecule has 0 spiro atoms. The zero-order valence-corrected chi connectivity index (χ0v) is 12.6. The summed E-state index contributed by atoms with van der Waals surface area (Å²) in [6, 6.07) is 5.51. The Morgan fingerprint density at radius 1 is 1.19 bits per heavy atom. The van der Waals surface area contributed by atoms with Gasteiger partial charge in [0.1, 0.15) is 21.5 Å². The van der Waals surface area contributed by atoms with E-state index < -0.39 is 16.4 Å². The van der Waals surface area contributed by atoms with Crippen LogP contribution in [-0.4, -0.2) is 25.2 Å². The lowest BCUT2D eigenvalue weighted by atomic mass is 10.2. The van der Waals surface area contributed by atoms with Crippen LogP contribution in [0.25, 0.3) is 0 Å². The van der Waals surface area contributed by atoms with E-state index in [-0.39, 0.29) is 17.3 Å². The van der Waals surface area contributed by atoms with Crippen molar-refractivity contribution in [3.8, 4) is 5.75 Å². The first-order valence-corrected chi connectivity index (χ1v) is 8.51. The second kappa shape index (κ2) is 6.44. The third-order valence-electron chi connectivity index (χ3n) is 2.45. The normalized spacial score (nSPS) is 11.8. The number of hydrogen-bond donors (Lipinski definition) is 0. The molecule has 0 bridgehead atoms. The molecule has 1 aromatic carbocycles. The van der Waals surface area contributed by atoms with E-state index in [0.717, 1.165) is 0 Å². The van der Waals surface area contributed by atoms with Crippen LogP contribution in [0.2, 0.25) is 0 Å². The molecule has 0 fully saturated rings. The number of rotatable bonds is 6. The summed E-state index contributed by atoms with van der Waals surface area (Å²) in [6.07, 6.45) is 0. The van der Waals surface area contributed by atoms with Crippen molar-refractivity contribution in [2.75, 3.05) is 0 Å². The number of benzene rings is 1. The summed E-state index contributed by atoms with van der Waals surface area (Å²) >= 11 is 1.23. The molecule has 0 aliphatic heterocycles. The topological polar surface area (TPSA) is 69.2 Å². The van der Waals surface area contributed by atoms with Gasteiger partial charge in [-0.3, -0.25) is 0 Å². The Balaban J connectivity index is 2.02. The van der Waals surface area contributed by atoms with Crippen molar-refractivity contribution in [1.82, 2.24) is 10.2 Å². The lowest BCUT2D eigenvalue weighted by Crippen LogP contribution is -2.08. The molecule has 0 aliphatic carbocycles. The highest BCUT2D eigenvalue weighted by molar-refractivity contribution is 7.89. The van der Waals surface area contributed by atoms with Crippen LogP contribution < -0.4 is 4.74 Å². The van der Waals surface area contributed by atoms with Crippen LogP contribution >= 0.6 is 11.3 Å². The van der Waals surface area contributed by atoms with Crippen molar-refractivity contribution in [3.63, 3.8) is 0 Å². The Labute approximate surface area is 124 Å².